The fourth-order valence-electron chi connectivity index (χ4n) is 7.56. The number of furan rings is 2. The number of aliphatic hydroxyl groups is 2. The average molecular weight is 1330 g/mol. The SMILES string of the molecule is CO.CO.Cc1cccc(-c2[c-]cccc2)n1.Cc1cccc(-c2[c-]cccc2)n1.[Ir].[Ir].[c-]1cc(-c2ccccc2)ccc1-c1nccc2occc12.c1ccc(-c2ccc(-c3nccc4occc34)cc2)cc1. The molecule has 0 aliphatic heterocycles. The summed E-state index contributed by atoms with van der Waals surface area (Å²) in [4.78, 5) is 17.8. The predicted molar refractivity (Wildman–Crippen MR) is 291 cm³/mol. The van der Waals surface area contributed by atoms with E-state index in [-0.39, 0.29) is 40.2 Å². The van der Waals surface area contributed by atoms with Gasteiger partial charge < -0.3 is 34.0 Å². The zero-order valence-corrected chi connectivity index (χ0v) is 46.0. The van der Waals surface area contributed by atoms with E-state index in [4.69, 9.17) is 19.0 Å². The molecule has 6 aromatic carbocycles. The Morgan fingerprint density at radius 3 is 1.26 bits per heavy atom. The van der Waals surface area contributed by atoms with Gasteiger partial charge in [0, 0.05) is 94.5 Å². The first-order chi connectivity index (χ1) is 35.6. The molecule has 0 saturated heterocycles. The molecule has 6 aromatic heterocycles. The third kappa shape index (κ3) is 15.6. The van der Waals surface area contributed by atoms with Gasteiger partial charge in [-0.15, -0.1) is 102 Å². The molecule has 0 fully saturated rings. The van der Waals surface area contributed by atoms with Gasteiger partial charge in [0.2, 0.25) is 0 Å². The summed E-state index contributed by atoms with van der Waals surface area (Å²) in [6, 6.07) is 80.3. The molecule has 8 nitrogen and oxygen atoms in total. The van der Waals surface area contributed by atoms with Gasteiger partial charge in [-0.1, -0.05) is 120 Å². The Bertz CT molecular complexity index is 3230. The van der Waals surface area contributed by atoms with Gasteiger partial charge in [0.05, 0.1) is 18.2 Å². The molecule has 2 radical (unpaired) electrons. The van der Waals surface area contributed by atoms with Gasteiger partial charge in [0.1, 0.15) is 11.2 Å². The minimum absolute atomic E-state index is 0. The molecule has 0 unspecified atom stereocenters. The van der Waals surface area contributed by atoms with Crippen LogP contribution in [0.3, 0.4) is 0 Å². The van der Waals surface area contributed by atoms with E-state index < -0.39 is 0 Å². The van der Waals surface area contributed by atoms with Crippen molar-refractivity contribution in [3.8, 4) is 67.3 Å². The largest absolute Gasteiger partial charge is 0.465 e. The first kappa shape index (κ1) is 57.1. The summed E-state index contributed by atoms with van der Waals surface area (Å²) in [5, 5.41) is 16.1. The van der Waals surface area contributed by atoms with Crippen LogP contribution in [0.5, 0.6) is 0 Å². The van der Waals surface area contributed by atoms with E-state index >= 15 is 0 Å². The van der Waals surface area contributed by atoms with Crippen molar-refractivity contribution in [3.05, 3.63) is 267 Å². The van der Waals surface area contributed by atoms with Gasteiger partial charge in [0.25, 0.3) is 0 Å². The molecule has 6 heterocycles. The molecule has 10 heteroatoms. The van der Waals surface area contributed by atoms with Crippen molar-refractivity contribution in [1.29, 1.82) is 0 Å². The number of fused-ring (bicyclic) bond motifs is 2. The maximum absolute atomic E-state index is 7.00. The van der Waals surface area contributed by atoms with Crippen molar-refractivity contribution >= 4 is 21.9 Å². The van der Waals surface area contributed by atoms with E-state index in [1.54, 1.807) is 24.9 Å². The molecule has 2 N–H and O–H groups in total. The van der Waals surface area contributed by atoms with Crippen molar-refractivity contribution in [3.63, 3.8) is 0 Å². The summed E-state index contributed by atoms with van der Waals surface area (Å²) in [7, 11) is 2.00. The summed E-state index contributed by atoms with van der Waals surface area (Å²) in [5.41, 5.74) is 16.6. The molecule has 0 aliphatic carbocycles. The predicted octanol–water partition coefficient (Wildman–Crippen LogP) is 15.1. The molecule has 0 spiro atoms. The number of rotatable bonds is 6. The Morgan fingerprint density at radius 2 is 0.797 bits per heavy atom. The Morgan fingerprint density at radius 1 is 0.365 bits per heavy atom. The maximum atomic E-state index is 7.00. The van der Waals surface area contributed by atoms with Gasteiger partial charge >= 0.3 is 0 Å². The molecule has 0 aliphatic rings. The van der Waals surface area contributed by atoms with E-state index in [0.29, 0.717) is 0 Å². The van der Waals surface area contributed by atoms with Crippen molar-refractivity contribution in [2.45, 2.75) is 13.8 Å². The van der Waals surface area contributed by atoms with Crippen LogP contribution in [-0.4, -0.2) is 44.4 Å². The third-order valence-corrected chi connectivity index (χ3v) is 10.9. The fourth-order valence-corrected chi connectivity index (χ4v) is 7.56. The van der Waals surface area contributed by atoms with Crippen molar-refractivity contribution in [2.75, 3.05) is 14.2 Å². The quantitative estimate of drug-likeness (QED) is 0.158. The molecule has 0 amide bonds. The van der Waals surface area contributed by atoms with Crippen LogP contribution in [0.25, 0.3) is 89.2 Å². The summed E-state index contributed by atoms with van der Waals surface area (Å²) in [6.07, 6.45) is 6.94. The second-order valence-electron chi connectivity index (χ2n) is 15.7. The normalized spacial score (nSPS) is 9.81. The van der Waals surface area contributed by atoms with Crippen LogP contribution in [0.15, 0.2) is 246 Å². The van der Waals surface area contributed by atoms with Gasteiger partial charge in [-0.05, 0) is 78.5 Å². The molecular weight excluding hydrogens is 1270 g/mol. The third-order valence-electron chi connectivity index (χ3n) is 10.9. The summed E-state index contributed by atoms with van der Waals surface area (Å²) in [5.74, 6) is 0. The molecule has 0 bridgehead atoms. The van der Waals surface area contributed by atoms with Crippen LogP contribution in [0.4, 0.5) is 0 Å². The van der Waals surface area contributed by atoms with Crippen molar-refractivity contribution in [1.82, 2.24) is 19.9 Å². The van der Waals surface area contributed by atoms with Gasteiger partial charge in [-0.2, -0.15) is 0 Å². The van der Waals surface area contributed by atoms with Crippen LogP contribution in [0.2, 0.25) is 0 Å². The van der Waals surface area contributed by atoms with Crippen molar-refractivity contribution in [2.24, 2.45) is 0 Å². The summed E-state index contributed by atoms with van der Waals surface area (Å²) < 4.78 is 10.9. The molecule has 12 aromatic rings. The molecule has 12 rings (SSSR count). The molecule has 0 atom stereocenters. The maximum Gasteiger partial charge on any atom is 0.137 e. The summed E-state index contributed by atoms with van der Waals surface area (Å²) in [6.45, 7) is 3.98. The van der Waals surface area contributed by atoms with E-state index in [1.165, 1.54) is 16.7 Å². The number of aliphatic hydroxyl groups excluding tert-OH is 2. The van der Waals surface area contributed by atoms with Crippen LogP contribution < -0.4 is 0 Å². The number of hydrogen-bond donors (Lipinski definition) is 2. The van der Waals surface area contributed by atoms with E-state index in [0.717, 1.165) is 98.1 Å². The minimum Gasteiger partial charge on any atom is -0.465 e. The van der Waals surface area contributed by atoms with Gasteiger partial charge in [-0.3, -0.25) is 4.98 Å². The number of hydrogen-bond acceptors (Lipinski definition) is 8. The van der Waals surface area contributed by atoms with Gasteiger partial charge in [0.15, 0.2) is 0 Å². The zero-order valence-electron chi connectivity index (χ0n) is 41.2. The second-order valence-corrected chi connectivity index (χ2v) is 15.7. The molecule has 374 valence electrons. The number of aromatic nitrogens is 4. The average Bonchev–Trinajstić information content (AvgIpc) is 4.17. The first-order valence-corrected chi connectivity index (χ1v) is 23.1. The Balaban J connectivity index is 0.000000181. The first-order valence-electron chi connectivity index (χ1n) is 23.1. The topological polar surface area (TPSA) is 118 Å². The Hall–Kier alpha value is -7.78. The number of nitrogens with zero attached hydrogens (tertiary/aromatic N) is 4. The van der Waals surface area contributed by atoms with Crippen LogP contribution in [0.1, 0.15) is 11.4 Å². The van der Waals surface area contributed by atoms with Crippen LogP contribution in [-0.2, 0) is 40.2 Å². The molecular formula is C64H53Ir2N4O4-3. The monoisotopic (exact) mass is 1330 g/mol. The van der Waals surface area contributed by atoms with E-state index in [9.17, 15) is 0 Å². The standard InChI is InChI=1S/C19H13NO.C19H12NO.2C12H10N.2CH4O.2Ir/c2*1-2-4-14(5-3-1)15-6-8-16(9-7-15)19-17-11-13-21-18(17)10-12-20-19;2*1-10-6-5-9-12(13-10)11-7-3-2-4-8-11;2*1-2;;/h1-13H;1-8,10-13H;2*2-7,9H,1H3;2*2H,1H3;;/q;3*-1;;;;. The fraction of sp³-hybridized carbons (Fsp3) is 0.0625. The Kier molecular flexibility index (Phi) is 23.4. The molecule has 0 saturated carbocycles. The zero-order chi connectivity index (χ0) is 50.3. The number of aryl methyl sites for hydroxylation is 2. The molecule has 74 heavy (non-hydrogen) atoms. The number of pyridine rings is 4. The summed E-state index contributed by atoms with van der Waals surface area (Å²) >= 11 is 0. The van der Waals surface area contributed by atoms with E-state index in [2.05, 4.69) is 111 Å². The smallest absolute Gasteiger partial charge is 0.137 e. The second kappa shape index (κ2) is 30.3. The van der Waals surface area contributed by atoms with Crippen molar-refractivity contribution < 1.29 is 59.3 Å². The number of benzene rings is 6. The van der Waals surface area contributed by atoms with Crippen LogP contribution >= 0.6 is 0 Å². The van der Waals surface area contributed by atoms with Gasteiger partial charge in [-0.25, -0.2) is 0 Å². The van der Waals surface area contributed by atoms with Crippen LogP contribution in [0, 0.1) is 32.0 Å². The Labute approximate surface area is 460 Å². The minimum atomic E-state index is 0. The van der Waals surface area contributed by atoms with E-state index in [1.807, 2.05) is 153 Å².